The summed E-state index contributed by atoms with van der Waals surface area (Å²) >= 11 is 0. The van der Waals surface area contributed by atoms with Gasteiger partial charge >= 0.3 is 0 Å². The molecule has 5 heteroatoms. The lowest BCUT2D eigenvalue weighted by atomic mass is 9.83. The van der Waals surface area contributed by atoms with E-state index in [2.05, 4.69) is 36.5 Å². The first-order valence-electron chi connectivity index (χ1n) is 12.3. The molecule has 5 nitrogen and oxygen atoms in total. The van der Waals surface area contributed by atoms with Crippen molar-refractivity contribution in [1.29, 1.82) is 0 Å². The highest BCUT2D eigenvalue weighted by Gasteiger charge is 2.37. The van der Waals surface area contributed by atoms with Crippen LogP contribution >= 0.6 is 0 Å². The normalized spacial score (nSPS) is 21.1. The van der Waals surface area contributed by atoms with E-state index in [1.807, 2.05) is 29.2 Å². The van der Waals surface area contributed by atoms with Gasteiger partial charge in [0, 0.05) is 31.5 Å². The predicted octanol–water partition coefficient (Wildman–Crippen LogP) is 4.48. The first-order valence-corrected chi connectivity index (χ1v) is 12.3. The van der Waals surface area contributed by atoms with Gasteiger partial charge < -0.3 is 15.0 Å². The highest BCUT2D eigenvalue weighted by molar-refractivity contribution is 5.82. The quantitative estimate of drug-likeness (QED) is 0.679. The zero-order valence-corrected chi connectivity index (χ0v) is 19.9. The van der Waals surface area contributed by atoms with Crippen molar-refractivity contribution in [2.24, 2.45) is 11.8 Å². The number of ether oxygens (including phenoxy) is 1. The highest BCUT2D eigenvalue weighted by atomic mass is 16.5. The maximum atomic E-state index is 13.2. The van der Waals surface area contributed by atoms with Gasteiger partial charge in [-0.2, -0.15) is 0 Å². The van der Waals surface area contributed by atoms with Crippen molar-refractivity contribution in [1.82, 2.24) is 10.2 Å². The molecule has 1 aliphatic heterocycles. The van der Waals surface area contributed by atoms with Crippen molar-refractivity contribution < 1.29 is 14.3 Å². The molecule has 0 bridgehead atoms. The van der Waals surface area contributed by atoms with Crippen LogP contribution in [0.1, 0.15) is 54.7 Å². The molecule has 2 unspecified atom stereocenters. The molecular formula is C28H36N2O3. The summed E-state index contributed by atoms with van der Waals surface area (Å²) in [6.07, 6.45) is 5.81. The average molecular weight is 449 g/mol. The molecule has 176 valence electrons. The molecule has 1 N–H and O–H groups in total. The molecule has 0 aromatic heterocycles. The number of rotatable bonds is 7. The highest BCUT2D eigenvalue weighted by Crippen LogP contribution is 2.34. The van der Waals surface area contributed by atoms with E-state index in [0.717, 1.165) is 49.8 Å². The molecule has 1 heterocycles. The number of amides is 2. The van der Waals surface area contributed by atoms with Gasteiger partial charge in [0.2, 0.25) is 11.8 Å². The second-order valence-electron chi connectivity index (χ2n) is 9.66. The standard InChI is InChI=1S/C28H36N2O3/c1-20-6-5-9-23(16-20)24-17-25(19-30(18-24)28(32)22-7-3-4-8-22)27(31)29-15-14-21-10-12-26(33-2)13-11-21/h5-6,9-13,16,22,24-25H,3-4,7-8,14-15,17-19H2,1-2H3,(H,29,31). The zero-order chi connectivity index (χ0) is 23.2. The first kappa shape index (κ1) is 23.3. The van der Waals surface area contributed by atoms with Gasteiger partial charge in [-0.25, -0.2) is 0 Å². The van der Waals surface area contributed by atoms with Crippen molar-refractivity contribution in [2.75, 3.05) is 26.7 Å². The minimum atomic E-state index is -0.175. The fourth-order valence-electron chi connectivity index (χ4n) is 5.33. The first-order chi connectivity index (χ1) is 16.0. The lowest BCUT2D eigenvalue weighted by molar-refractivity contribution is -0.139. The summed E-state index contributed by atoms with van der Waals surface area (Å²) in [6.45, 7) is 3.94. The number of methoxy groups -OCH3 is 1. The Morgan fingerprint density at radius 2 is 1.79 bits per heavy atom. The van der Waals surface area contributed by atoms with Crippen molar-refractivity contribution >= 4 is 11.8 Å². The average Bonchev–Trinajstić information content (AvgIpc) is 3.39. The number of piperidine rings is 1. The van der Waals surface area contributed by atoms with Crippen LogP contribution in [0, 0.1) is 18.8 Å². The third-order valence-electron chi connectivity index (χ3n) is 7.22. The summed E-state index contributed by atoms with van der Waals surface area (Å²) in [7, 11) is 1.66. The molecule has 2 aromatic carbocycles. The summed E-state index contributed by atoms with van der Waals surface area (Å²) in [5.74, 6) is 1.30. The van der Waals surface area contributed by atoms with Crippen LogP contribution in [0.25, 0.3) is 0 Å². The van der Waals surface area contributed by atoms with E-state index in [4.69, 9.17) is 4.74 Å². The van der Waals surface area contributed by atoms with Crippen molar-refractivity contribution in [2.45, 2.75) is 51.4 Å². The molecule has 2 amide bonds. The SMILES string of the molecule is COc1ccc(CCNC(=O)C2CC(c3cccc(C)c3)CN(C(=O)C3CCCC3)C2)cc1. The van der Waals surface area contributed by atoms with Crippen molar-refractivity contribution in [3.63, 3.8) is 0 Å². The predicted molar refractivity (Wildman–Crippen MR) is 130 cm³/mol. The Morgan fingerprint density at radius 3 is 2.48 bits per heavy atom. The van der Waals surface area contributed by atoms with Crippen LogP contribution in [0.4, 0.5) is 0 Å². The van der Waals surface area contributed by atoms with Gasteiger partial charge in [0.15, 0.2) is 0 Å². The summed E-state index contributed by atoms with van der Waals surface area (Å²) in [5.41, 5.74) is 3.61. The second kappa shape index (κ2) is 10.9. The van der Waals surface area contributed by atoms with Crippen LogP contribution in [-0.4, -0.2) is 43.5 Å². The van der Waals surface area contributed by atoms with E-state index in [1.54, 1.807) is 7.11 Å². The van der Waals surface area contributed by atoms with E-state index in [0.29, 0.717) is 19.6 Å². The number of nitrogens with zero attached hydrogens (tertiary/aromatic N) is 1. The van der Waals surface area contributed by atoms with Crippen LogP contribution in [0.15, 0.2) is 48.5 Å². The minimum Gasteiger partial charge on any atom is -0.497 e. The fourth-order valence-corrected chi connectivity index (χ4v) is 5.33. The topological polar surface area (TPSA) is 58.6 Å². The lowest BCUT2D eigenvalue weighted by Crippen LogP contribution is -2.49. The van der Waals surface area contributed by atoms with Gasteiger partial charge in [-0.3, -0.25) is 9.59 Å². The van der Waals surface area contributed by atoms with E-state index in [1.165, 1.54) is 11.1 Å². The molecular weight excluding hydrogens is 412 g/mol. The van der Waals surface area contributed by atoms with Crippen molar-refractivity contribution in [3.8, 4) is 5.75 Å². The summed E-state index contributed by atoms with van der Waals surface area (Å²) < 4.78 is 5.21. The van der Waals surface area contributed by atoms with Gasteiger partial charge in [-0.1, -0.05) is 54.8 Å². The summed E-state index contributed by atoms with van der Waals surface area (Å²) in [6, 6.07) is 16.5. The Hall–Kier alpha value is -2.82. The molecule has 2 fully saturated rings. The molecule has 2 atom stereocenters. The van der Waals surface area contributed by atoms with Crippen LogP contribution in [0.2, 0.25) is 0 Å². The van der Waals surface area contributed by atoms with E-state index >= 15 is 0 Å². The van der Waals surface area contributed by atoms with E-state index < -0.39 is 0 Å². The Labute approximate surface area is 197 Å². The molecule has 2 aromatic rings. The molecule has 0 spiro atoms. The van der Waals surface area contributed by atoms with E-state index in [-0.39, 0.29) is 29.6 Å². The monoisotopic (exact) mass is 448 g/mol. The minimum absolute atomic E-state index is 0.0603. The second-order valence-corrected chi connectivity index (χ2v) is 9.66. The number of benzene rings is 2. The summed E-state index contributed by atoms with van der Waals surface area (Å²) in [4.78, 5) is 28.4. The van der Waals surface area contributed by atoms with Crippen LogP contribution in [0.3, 0.4) is 0 Å². The maximum Gasteiger partial charge on any atom is 0.225 e. The van der Waals surface area contributed by atoms with Gasteiger partial charge in [0.05, 0.1) is 13.0 Å². The number of carbonyl (C=O) groups excluding carboxylic acids is 2. The third kappa shape index (κ3) is 5.95. The number of likely N-dealkylation sites (tertiary alicyclic amines) is 1. The number of nitrogens with one attached hydrogen (secondary N) is 1. The Morgan fingerprint density at radius 1 is 1.03 bits per heavy atom. The van der Waals surface area contributed by atoms with Crippen LogP contribution < -0.4 is 10.1 Å². The molecule has 4 rings (SSSR count). The molecule has 0 radical (unpaired) electrons. The lowest BCUT2D eigenvalue weighted by Gasteiger charge is -2.38. The third-order valence-corrected chi connectivity index (χ3v) is 7.22. The Bertz CT molecular complexity index is 950. The largest absolute Gasteiger partial charge is 0.497 e. The summed E-state index contributed by atoms with van der Waals surface area (Å²) in [5, 5.41) is 3.13. The number of hydrogen-bond donors (Lipinski definition) is 1. The smallest absolute Gasteiger partial charge is 0.225 e. The number of carbonyl (C=O) groups is 2. The maximum absolute atomic E-state index is 13.2. The zero-order valence-electron chi connectivity index (χ0n) is 19.9. The van der Waals surface area contributed by atoms with Gasteiger partial charge in [-0.05, 0) is 55.9 Å². The fraction of sp³-hybridized carbons (Fsp3) is 0.500. The number of hydrogen-bond acceptors (Lipinski definition) is 3. The molecule has 1 saturated heterocycles. The number of aryl methyl sites for hydroxylation is 1. The molecule has 1 aliphatic carbocycles. The molecule has 2 aliphatic rings. The van der Waals surface area contributed by atoms with Crippen LogP contribution in [0.5, 0.6) is 5.75 Å². The van der Waals surface area contributed by atoms with E-state index in [9.17, 15) is 9.59 Å². The van der Waals surface area contributed by atoms with Gasteiger partial charge in [0.25, 0.3) is 0 Å². The van der Waals surface area contributed by atoms with Crippen LogP contribution in [-0.2, 0) is 16.0 Å². The molecule has 1 saturated carbocycles. The Balaban J connectivity index is 1.41. The van der Waals surface area contributed by atoms with Crippen molar-refractivity contribution in [3.05, 3.63) is 65.2 Å². The molecule has 33 heavy (non-hydrogen) atoms. The van der Waals surface area contributed by atoms with Gasteiger partial charge in [-0.15, -0.1) is 0 Å². The Kier molecular flexibility index (Phi) is 7.69. The van der Waals surface area contributed by atoms with Gasteiger partial charge in [0.1, 0.15) is 5.75 Å².